The maximum absolute atomic E-state index is 2.39. The third-order valence-corrected chi connectivity index (χ3v) is 5.09. The second kappa shape index (κ2) is 8.00. The van der Waals surface area contributed by atoms with Crippen LogP contribution in [0, 0.1) is 13.8 Å². The summed E-state index contributed by atoms with van der Waals surface area (Å²) in [5.41, 5.74) is 8.57. The first-order chi connectivity index (χ1) is 10.7. The third-order valence-electron chi connectivity index (χ3n) is 5.09. The molecule has 4 rings (SSSR count). The molecule has 0 N–H and O–H groups in total. The topological polar surface area (TPSA) is 0 Å². The minimum Gasteiger partial charge on any atom is -1.00 e. The van der Waals surface area contributed by atoms with E-state index in [4.69, 9.17) is 0 Å². The van der Waals surface area contributed by atoms with Crippen LogP contribution in [0.2, 0.25) is 0 Å². The first-order valence-electron chi connectivity index (χ1n) is 8.28. The molecule has 2 atom stereocenters. The molecule has 0 saturated heterocycles. The van der Waals surface area contributed by atoms with Crippen LogP contribution in [0.15, 0.2) is 48.6 Å². The molecule has 0 aromatic heterocycles. The van der Waals surface area contributed by atoms with E-state index in [2.05, 4.69) is 74.5 Å². The normalized spacial score (nSPS) is 19.4. The monoisotopic (exact) mass is 302 g/mol. The van der Waals surface area contributed by atoms with Gasteiger partial charge in [-0.3, -0.25) is 0 Å². The van der Waals surface area contributed by atoms with E-state index in [-0.39, 0.29) is 40.6 Å². The summed E-state index contributed by atoms with van der Waals surface area (Å²) in [6.45, 7) is 4.34. The number of hydrogen-bond donors (Lipinski definition) is 0. The largest absolute Gasteiger partial charge is 1.00 e. The molecule has 0 amide bonds. The van der Waals surface area contributed by atoms with Crippen molar-refractivity contribution in [2.75, 3.05) is 0 Å². The number of allylic oxidation sites excluding steroid dienone is 2. The predicted octanol–water partition coefficient (Wildman–Crippen LogP) is 0.238. The molecule has 114 valence electrons. The fourth-order valence-electron chi connectivity index (χ4n) is 3.86. The molecule has 0 nitrogen and oxygen atoms in total. The Hall–Kier alpha value is -0.885. The Labute approximate surface area is 172 Å². The summed E-state index contributed by atoms with van der Waals surface area (Å²) in [6, 6.07) is 13.7. The van der Waals surface area contributed by atoms with Gasteiger partial charge in [-0.2, -0.15) is 0 Å². The number of benzene rings is 2. The van der Waals surface area contributed by atoms with Crippen molar-refractivity contribution in [1.82, 2.24) is 0 Å². The van der Waals surface area contributed by atoms with Gasteiger partial charge in [-0.05, 0) is 48.9 Å². The van der Waals surface area contributed by atoms with Crippen LogP contribution in [0.25, 0.3) is 12.2 Å². The standard InChI is InChI=1S/C22H22.2Li.2H/c1-15-3-11-21-17(7-9-19(21)13-15)5-6-18-8-10-20-14-16(2)4-12-22(18)20;;;;/h3-4,7-14,17-18H,5-6H2,1-2H3;;;;/q;2*+1;2*-1. The summed E-state index contributed by atoms with van der Waals surface area (Å²) in [5, 5.41) is 0. The summed E-state index contributed by atoms with van der Waals surface area (Å²) < 4.78 is 0. The first-order valence-corrected chi connectivity index (χ1v) is 8.28. The molecule has 0 aliphatic heterocycles. The summed E-state index contributed by atoms with van der Waals surface area (Å²) in [5.74, 6) is 1.19. The number of hydrogen-bond acceptors (Lipinski definition) is 0. The van der Waals surface area contributed by atoms with Crippen molar-refractivity contribution >= 4 is 12.2 Å². The molecule has 2 heteroatoms. The zero-order valence-electron chi connectivity index (χ0n) is 17.3. The van der Waals surface area contributed by atoms with Crippen molar-refractivity contribution in [1.29, 1.82) is 0 Å². The molecule has 0 spiro atoms. The molecule has 0 heterocycles. The van der Waals surface area contributed by atoms with E-state index in [1.807, 2.05) is 0 Å². The molecule has 0 bridgehead atoms. The zero-order valence-corrected chi connectivity index (χ0v) is 15.3. The van der Waals surface area contributed by atoms with E-state index >= 15 is 0 Å². The molecule has 0 fully saturated rings. The fourth-order valence-corrected chi connectivity index (χ4v) is 3.86. The SMILES string of the molecule is Cc1ccc2c(c1)C=CC2CCC1C=Cc2cc(C)ccc21.[H-].[H-].[Li+].[Li+]. The Morgan fingerprint density at radius 2 is 1.12 bits per heavy atom. The number of rotatable bonds is 3. The van der Waals surface area contributed by atoms with Crippen LogP contribution < -0.4 is 37.7 Å². The zero-order chi connectivity index (χ0) is 15.1. The molecule has 2 aromatic carbocycles. The van der Waals surface area contributed by atoms with Crippen LogP contribution in [0.1, 0.15) is 60.9 Å². The first kappa shape index (κ1) is 19.4. The molecular weight excluding hydrogens is 278 g/mol. The van der Waals surface area contributed by atoms with Crippen molar-refractivity contribution in [2.24, 2.45) is 0 Å². The van der Waals surface area contributed by atoms with Gasteiger partial charge in [-0.15, -0.1) is 0 Å². The van der Waals surface area contributed by atoms with Gasteiger partial charge in [0.2, 0.25) is 0 Å². The maximum atomic E-state index is 2.39. The Balaban J connectivity index is 0.00000156. The van der Waals surface area contributed by atoms with Crippen LogP contribution >= 0.6 is 0 Å². The van der Waals surface area contributed by atoms with Gasteiger partial charge < -0.3 is 2.85 Å². The van der Waals surface area contributed by atoms with Crippen molar-refractivity contribution in [3.05, 3.63) is 81.9 Å². The Bertz CT molecular complexity index is 729. The van der Waals surface area contributed by atoms with Crippen molar-refractivity contribution < 1.29 is 40.6 Å². The van der Waals surface area contributed by atoms with E-state index in [0.717, 1.165) is 0 Å². The minimum atomic E-state index is 0. The van der Waals surface area contributed by atoms with Crippen LogP contribution in [0.5, 0.6) is 0 Å². The molecule has 2 aromatic rings. The summed E-state index contributed by atoms with van der Waals surface area (Å²) in [4.78, 5) is 0. The van der Waals surface area contributed by atoms with Crippen LogP contribution in [-0.2, 0) is 0 Å². The maximum Gasteiger partial charge on any atom is 1.00 e. The van der Waals surface area contributed by atoms with Gasteiger partial charge in [-0.25, -0.2) is 0 Å². The van der Waals surface area contributed by atoms with Gasteiger partial charge in [-0.1, -0.05) is 71.8 Å². The van der Waals surface area contributed by atoms with Crippen LogP contribution in [-0.4, -0.2) is 0 Å². The van der Waals surface area contributed by atoms with Crippen LogP contribution in [0.3, 0.4) is 0 Å². The average molecular weight is 302 g/mol. The molecule has 0 saturated carbocycles. The van der Waals surface area contributed by atoms with Crippen molar-refractivity contribution in [3.63, 3.8) is 0 Å². The molecular formula is C22H24Li2. The summed E-state index contributed by atoms with van der Waals surface area (Å²) in [6.07, 6.45) is 11.8. The summed E-state index contributed by atoms with van der Waals surface area (Å²) in [7, 11) is 0. The second-order valence-electron chi connectivity index (χ2n) is 6.77. The van der Waals surface area contributed by atoms with Gasteiger partial charge in [0.1, 0.15) is 0 Å². The quantitative estimate of drug-likeness (QED) is 0.713. The molecule has 0 radical (unpaired) electrons. The van der Waals surface area contributed by atoms with Gasteiger partial charge in [0, 0.05) is 11.8 Å². The second-order valence-corrected chi connectivity index (χ2v) is 6.77. The van der Waals surface area contributed by atoms with Gasteiger partial charge in [0.05, 0.1) is 0 Å². The summed E-state index contributed by atoms with van der Waals surface area (Å²) >= 11 is 0. The van der Waals surface area contributed by atoms with E-state index in [9.17, 15) is 0 Å². The smallest absolute Gasteiger partial charge is 1.00 e. The third kappa shape index (κ3) is 3.69. The van der Waals surface area contributed by atoms with E-state index in [1.54, 1.807) is 0 Å². The number of aryl methyl sites for hydroxylation is 2. The van der Waals surface area contributed by atoms with Gasteiger partial charge in [0.25, 0.3) is 0 Å². The average Bonchev–Trinajstić information content (AvgIpc) is 3.08. The van der Waals surface area contributed by atoms with Gasteiger partial charge in [0.15, 0.2) is 0 Å². The van der Waals surface area contributed by atoms with Gasteiger partial charge >= 0.3 is 37.7 Å². The van der Waals surface area contributed by atoms with E-state index < -0.39 is 0 Å². The van der Waals surface area contributed by atoms with E-state index in [0.29, 0.717) is 11.8 Å². The van der Waals surface area contributed by atoms with Crippen molar-refractivity contribution in [2.45, 2.75) is 38.5 Å². The fraction of sp³-hybridized carbons (Fsp3) is 0.273. The Morgan fingerprint density at radius 3 is 1.54 bits per heavy atom. The minimum absolute atomic E-state index is 0. The predicted molar refractivity (Wildman–Crippen MR) is 97.4 cm³/mol. The van der Waals surface area contributed by atoms with E-state index in [1.165, 1.54) is 46.2 Å². The molecule has 2 aliphatic carbocycles. The molecule has 24 heavy (non-hydrogen) atoms. The Kier molecular flexibility index (Phi) is 6.48. The Morgan fingerprint density at radius 1 is 0.708 bits per heavy atom. The molecule has 2 unspecified atom stereocenters. The van der Waals surface area contributed by atoms with Crippen LogP contribution in [0.4, 0.5) is 0 Å². The molecule has 2 aliphatic rings. The van der Waals surface area contributed by atoms with Crippen molar-refractivity contribution in [3.8, 4) is 0 Å². The number of fused-ring (bicyclic) bond motifs is 2.